The Bertz CT molecular complexity index is 713. The third-order valence-electron chi connectivity index (χ3n) is 5.14. The summed E-state index contributed by atoms with van der Waals surface area (Å²) in [6.07, 6.45) is 7.93. The van der Waals surface area contributed by atoms with Crippen molar-refractivity contribution in [2.75, 3.05) is 7.05 Å². The van der Waals surface area contributed by atoms with E-state index < -0.39 is 0 Å². The monoisotopic (exact) mass is 328 g/mol. The van der Waals surface area contributed by atoms with Crippen molar-refractivity contribution in [1.29, 1.82) is 0 Å². The Morgan fingerprint density at radius 2 is 2.12 bits per heavy atom. The highest BCUT2D eigenvalue weighted by Gasteiger charge is 2.37. The number of carbonyl (C=O) groups is 1. The minimum atomic E-state index is 0.0518. The number of pyridine rings is 1. The Balaban J connectivity index is 1.96. The molecule has 0 unspecified atom stereocenters. The fourth-order valence-electron chi connectivity index (χ4n) is 4.00. The molecular weight excluding hydrogens is 300 g/mol. The number of carbonyl (C=O) groups excluding carboxylic acids is 1. The fraction of sp³-hybridized carbons (Fsp3) is 0.632. The van der Waals surface area contributed by atoms with Crippen molar-refractivity contribution < 1.29 is 4.79 Å². The van der Waals surface area contributed by atoms with Gasteiger partial charge in [-0.3, -0.25) is 4.79 Å². The number of hydrogen-bond donors (Lipinski definition) is 1. The number of amides is 1. The summed E-state index contributed by atoms with van der Waals surface area (Å²) in [5.41, 5.74) is 1.98. The molecule has 3 rings (SSSR count). The molecule has 2 heterocycles. The molecule has 2 aromatic rings. The first-order chi connectivity index (χ1) is 11.5. The smallest absolute Gasteiger partial charge is 0.220 e. The number of rotatable bonds is 6. The van der Waals surface area contributed by atoms with Crippen LogP contribution >= 0.6 is 0 Å². The van der Waals surface area contributed by atoms with Crippen LogP contribution in [0, 0.1) is 11.3 Å². The van der Waals surface area contributed by atoms with Crippen LogP contribution in [0.4, 0.5) is 0 Å². The van der Waals surface area contributed by atoms with Crippen molar-refractivity contribution in [3.8, 4) is 0 Å². The Labute approximate surface area is 143 Å². The fourth-order valence-corrected chi connectivity index (χ4v) is 4.00. The molecule has 0 aromatic carbocycles. The first-order valence-corrected chi connectivity index (χ1v) is 9.04. The van der Waals surface area contributed by atoms with Gasteiger partial charge in [0.2, 0.25) is 5.91 Å². The van der Waals surface area contributed by atoms with Crippen LogP contribution in [0.3, 0.4) is 0 Å². The second-order valence-electron chi connectivity index (χ2n) is 7.61. The van der Waals surface area contributed by atoms with Crippen LogP contribution in [0.25, 0.3) is 11.2 Å². The quantitative estimate of drug-likeness (QED) is 0.885. The highest BCUT2D eigenvalue weighted by molar-refractivity contribution is 5.76. The van der Waals surface area contributed by atoms with Gasteiger partial charge in [0.15, 0.2) is 5.65 Å². The molecule has 0 saturated heterocycles. The van der Waals surface area contributed by atoms with E-state index in [0.29, 0.717) is 12.3 Å². The van der Waals surface area contributed by atoms with Crippen LogP contribution in [0.15, 0.2) is 18.3 Å². The highest BCUT2D eigenvalue weighted by Crippen LogP contribution is 2.44. The molecule has 0 aliphatic heterocycles. The highest BCUT2D eigenvalue weighted by atomic mass is 16.1. The van der Waals surface area contributed by atoms with Gasteiger partial charge in [-0.15, -0.1) is 0 Å². The van der Waals surface area contributed by atoms with Gasteiger partial charge < -0.3 is 9.88 Å². The third-order valence-corrected chi connectivity index (χ3v) is 5.14. The van der Waals surface area contributed by atoms with Gasteiger partial charge in [-0.25, -0.2) is 9.97 Å². The van der Waals surface area contributed by atoms with Crippen molar-refractivity contribution >= 4 is 17.1 Å². The molecule has 0 atom stereocenters. The van der Waals surface area contributed by atoms with Crippen molar-refractivity contribution in [2.45, 2.75) is 58.9 Å². The van der Waals surface area contributed by atoms with Gasteiger partial charge in [-0.1, -0.05) is 26.7 Å². The first kappa shape index (κ1) is 16.9. The van der Waals surface area contributed by atoms with Gasteiger partial charge in [0.25, 0.3) is 0 Å². The Morgan fingerprint density at radius 1 is 1.38 bits per heavy atom. The zero-order valence-corrected chi connectivity index (χ0v) is 15.0. The van der Waals surface area contributed by atoms with Crippen LogP contribution in [0.1, 0.15) is 51.8 Å². The maximum absolute atomic E-state index is 12.0. The minimum Gasteiger partial charge on any atom is -0.359 e. The average Bonchev–Trinajstić information content (AvgIpc) is 3.13. The molecule has 1 aliphatic rings. The number of nitrogens with one attached hydrogen (secondary N) is 1. The summed E-state index contributed by atoms with van der Waals surface area (Å²) in [4.78, 5) is 21.5. The van der Waals surface area contributed by atoms with Gasteiger partial charge in [-0.05, 0) is 36.3 Å². The van der Waals surface area contributed by atoms with E-state index in [1.54, 1.807) is 7.05 Å². The zero-order chi connectivity index (χ0) is 17.2. The maximum Gasteiger partial charge on any atom is 0.220 e. The first-order valence-electron chi connectivity index (χ1n) is 9.04. The number of imidazole rings is 1. The lowest BCUT2D eigenvalue weighted by Crippen LogP contribution is -2.30. The van der Waals surface area contributed by atoms with Crippen molar-refractivity contribution in [2.24, 2.45) is 11.3 Å². The van der Waals surface area contributed by atoms with E-state index in [9.17, 15) is 4.79 Å². The van der Waals surface area contributed by atoms with E-state index in [1.165, 1.54) is 12.8 Å². The molecule has 1 aliphatic carbocycles. The lowest BCUT2D eigenvalue weighted by molar-refractivity contribution is -0.122. The number of nitrogens with zero attached hydrogens (tertiary/aromatic N) is 3. The molecule has 1 saturated carbocycles. The molecule has 0 radical (unpaired) electrons. The molecule has 1 amide bonds. The molecular formula is C19H28N4O. The van der Waals surface area contributed by atoms with Crippen LogP contribution in [-0.4, -0.2) is 27.5 Å². The molecule has 5 heteroatoms. The van der Waals surface area contributed by atoms with Crippen molar-refractivity contribution in [3.05, 3.63) is 24.2 Å². The van der Waals surface area contributed by atoms with Gasteiger partial charge in [0.1, 0.15) is 11.3 Å². The molecule has 2 aromatic heterocycles. The summed E-state index contributed by atoms with van der Waals surface area (Å²) in [5, 5.41) is 2.80. The summed E-state index contributed by atoms with van der Waals surface area (Å²) >= 11 is 0. The summed E-state index contributed by atoms with van der Waals surface area (Å²) in [6, 6.07) is 3.97. The van der Waals surface area contributed by atoms with E-state index in [-0.39, 0.29) is 11.3 Å². The number of hydrogen-bond acceptors (Lipinski definition) is 3. The molecule has 5 nitrogen and oxygen atoms in total. The predicted octanol–water partition coefficient (Wildman–Crippen LogP) is 3.33. The van der Waals surface area contributed by atoms with E-state index in [1.807, 2.05) is 18.3 Å². The van der Waals surface area contributed by atoms with Crippen LogP contribution < -0.4 is 5.32 Å². The average molecular weight is 328 g/mol. The van der Waals surface area contributed by atoms with E-state index in [2.05, 4.69) is 28.7 Å². The van der Waals surface area contributed by atoms with Gasteiger partial charge >= 0.3 is 0 Å². The topological polar surface area (TPSA) is 59.8 Å². The second-order valence-corrected chi connectivity index (χ2v) is 7.61. The molecule has 1 fully saturated rings. The summed E-state index contributed by atoms with van der Waals surface area (Å²) in [5.74, 6) is 1.76. The lowest BCUT2D eigenvalue weighted by Gasteiger charge is -2.28. The standard InChI is InChI=1S/C19H28N4O/c1-14(2)13-23-16(22-15-7-6-10-21-18(15)23)11-19(8-4-5-9-19)12-17(24)20-3/h6-7,10,14H,4-5,8-9,11-13H2,1-3H3,(H,20,24). The molecule has 0 spiro atoms. The second kappa shape index (κ2) is 6.91. The van der Waals surface area contributed by atoms with Crippen LogP contribution in [0.2, 0.25) is 0 Å². The maximum atomic E-state index is 12.0. The van der Waals surface area contributed by atoms with Crippen LogP contribution in [-0.2, 0) is 17.8 Å². The zero-order valence-electron chi connectivity index (χ0n) is 15.0. The summed E-state index contributed by atoms with van der Waals surface area (Å²) < 4.78 is 2.27. The molecule has 0 bridgehead atoms. The minimum absolute atomic E-state index is 0.0518. The van der Waals surface area contributed by atoms with E-state index in [0.717, 1.165) is 42.8 Å². The molecule has 1 N–H and O–H groups in total. The van der Waals surface area contributed by atoms with E-state index >= 15 is 0 Å². The van der Waals surface area contributed by atoms with Gasteiger partial charge in [-0.2, -0.15) is 0 Å². The summed E-state index contributed by atoms with van der Waals surface area (Å²) in [6.45, 7) is 5.35. The SMILES string of the molecule is CNC(=O)CC1(Cc2nc3cccnc3n2CC(C)C)CCCC1. The van der Waals surface area contributed by atoms with E-state index in [4.69, 9.17) is 4.98 Å². The normalized spacial score (nSPS) is 16.8. The lowest BCUT2D eigenvalue weighted by atomic mass is 9.79. The van der Waals surface area contributed by atoms with Gasteiger partial charge in [0.05, 0.1) is 0 Å². The van der Waals surface area contributed by atoms with Crippen LogP contribution in [0.5, 0.6) is 0 Å². The number of fused-ring (bicyclic) bond motifs is 1. The summed E-state index contributed by atoms with van der Waals surface area (Å²) in [7, 11) is 1.73. The largest absolute Gasteiger partial charge is 0.359 e. The molecule has 130 valence electrons. The predicted molar refractivity (Wildman–Crippen MR) is 95.7 cm³/mol. The number of aromatic nitrogens is 3. The van der Waals surface area contributed by atoms with Gasteiger partial charge in [0, 0.05) is 32.6 Å². The Kier molecular flexibility index (Phi) is 4.88. The Hall–Kier alpha value is -1.91. The molecule has 24 heavy (non-hydrogen) atoms. The van der Waals surface area contributed by atoms with Crippen molar-refractivity contribution in [3.63, 3.8) is 0 Å². The van der Waals surface area contributed by atoms with Crippen molar-refractivity contribution in [1.82, 2.24) is 19.9 Å². The Morgan fingerprint density at radius 3 is 2.79 bits per heavy atom. The third kappa shape index (κ3) is 3.45.